The molecule has 1 aromatic carbocycles. The molecule has 1 aromatic rings. The number of benzene rings is 1. The summed E-state index contributed by atoms with van der Waals surface area (Å²) in [5, 5.41) is 19.4. The highest BCUT2D eigenvalue weighted by Crippen LogP contribution is 2.35. The topological polar surface area (TPSA) is 40.5 Å². The molecule has 2 nitrogen and oxygen atoms in total. The Morgan fingerprint density at radius 3 is 2.27 bits per heavy atom. The zero-order chi connectivity index (χ0) is 11.6. The van der Waals surface area contributed by atoms with E-state index in [-0.39, 0.29) is 17.4 Å². The third-order valence-electron chi connectivity index (χ3n) is 2.62. The monoisotopic (exact) mass is 206 g/mol. The van der Waals surface area contributed by atoms with Crippen molar-refractivity contribution < 1.29 is 10.2 Å². The van der Waals surface area contributed by atoms with Crippen LogP contribution in [0.1, 0.15) is 44.7 Å². The molecule has 0 aliphatic heterocycles. The minimum absolute atomic E-state index is 0.132. The minimum Gasteiger partial charge on any atom is -0.508 e. The number of phenols is 2. The lowest BCUT2D eigenvalue weighted by Crippen LogP contribution is -1.91. The minimum atomic E-state index is 0.132. The molecule has 82 valence electrons. The molecule has 0 saturated heterocycles. The Morgan fingerprint density at radius 2 is 1.80 bits per heavy atom. The van der Waals surface area contributed by atoms with E-state index < -0.39 is 0 Å². The van der Waals surface area contributed by atoms with E-state index in [1.165, 1.54) is 6.07 Å². The lowest BCUT2D eigenvalue weighted by Gasteiger charge is -2.12. The van der Waals surface area contributed by atoms with Gasteiger partial charge in [0.1, 0.15) is 11.5 Å². The van der Waals surface area contributed by atoms with E-state index in [1.54, 1.807) is 0 Å². The predicted octanol–water partition coefficient (Wildman–Crippen LogP) is 3.64. The SMILES string of the molecule is C/C=C(\C)c1cc(C(C)C)c(O)cc1O. The van der Waals surface area contributed by atoms with Crippen LogP contribution in [0.25, 0.3) is 5.57 Å². The van der Waals surface area contributed by atoms with Gasteiger partial charge in [0.05, 0.1) is 0 Å². The van der Waals surface area contributed by atoms with Gasteiger partial charge in [0, 0.05) is 11.6 Å². The van der Waals surface area contributed by atoms with E-state index in [2.05, 4.69) is 0 Å². The van der Waals surface area contributed by atoms with Crippen molar-refractivity contribution in [3.63, 3.8) is 0 Å². The van der Waals surface area contributed by atoms with Gasteiger partial charge in [-0.3, -0.25) is 0 Å². The van der Waals surface area contributed by atoms with Crippen LogP contribution in [0.3, 0.4) is 0 Å². The Bertz CT molecular complexity index is 390. The Morgan fingerprint density at radius 1 is 1.20 bits per heavy atom. The standard InChI is InChI=1S/C13H18O2/c1-5-9(4)11-6-10(8(2)3)12(14)7-13(11)15/h5-8,14-15H,1-4H3/b9-5+. The van der Waals surface area contributed by atoms with Crippen LogP contribution >= 0.6 is 0 Å². The first-order valence-corrected chi connectivity index (χ1v) is 5.16. The van der Waals surface area contributed by atoms with Gasteiger partial charge in [0.2, 0.25) is 0 Å². The van der Waals surface area contributed by atoms with Gasteiger partial charge in [-0.15, -0.1) is 0 Å². The molecular weight excluding hydrogens is 188 g/mol. The van der Waals surface area contributed by atoms with Crippen LogP contribution in [0.5, 0.6) is 11.5 Å². The van der Waals surface area contributed by atoms with Crippen molar-refractivity contribution in [3.05, 3.63) is 29.3 Å². The first-order chi connectivity index (χ1) is 6.97. The highest BCUT2D eigenvalue weighted by Gasteiger charge is 2.11. The van der Waals surface area contributed by atoms with Gasteiger partial charge in [-0.1, -0.05) is 19.9 Å². The summed E-state index contributed by atoms with van der Waals surface area (Å²) in [6.45, 7) is 7.90. The fraction of sp³-hybridized carbons (Fsp3) is 0.385. The molecule has 0 aliphatic carbocycles. The van der Waals surface area contributed by atoms with Crippen molar-refractivity contribution in [1.29, 1.82) is 0 Å². The van der Waals surface area contributed by atoms with Crippen LogP contribution in [-0.4, -0.2) is 10.2 Å². The van der Waals surface area contributed by atoms with Crippen molar-refractivity contribution in [1.82, 2.24) is 0 Å². The highest BCUT2D eigenvalue weighted by molar-refractivity contribution is 5.70. The maximum absolute atomic E-state index is 9.70. The summed E-state index contributed by atoms with van der Waals surface area (Å²) in [6, 6.07) is 3.27. The second kappa shape index (κ2) is 4.39. The molecule has 0 atom stereocenters. The number of phenolic OH excluding ortho intramolecular Hbond substituents is 2. The van der Waals surface area contributed by atoms with E-state index in [0.29, 0.717) is 0 Å². The van der Waals surface area contributed by atoms with E-state index in [0.717, 1.165) is 16.7 Å². The van der Waals surface area contributed by atoms with Crippen molar-refractivity contribution in [2.75, 3.05) is 0 Å². The maximum Gasteiger partial charge on any atom is 0.126 e. The van der Waals surface area contributed by atoms with Crippen molar-refractivity contribution in [2.24, 2.45) is 0 Å². The number of hydrogen-bond donors (Lipinski definition) is 2. The molecule has 0 bridgehead atoms. The molecule has 0 saturated carbocycles. The molecule has 0 unspecified atom stereocenters. The number of aromatic hydroxyl groups is 2. The van der Waals surface area contributed by atoms with Crippen LogP contribution in [0, 0.1) is 0 Å². The Balaban J connectivity index is 3.36. The summed E-state index contributed by atoms with van der Waals surface area (Å²) < 4.78 is 0. The maximum atomic E-state index is 9.70. The van der Waals surface area contributed by atoms with E-state index in [4.69, 9.17) is 0 Å². The van der Waals surface area contributed by atoms with E-state index in [1.807, 2.05) is 39.8 Å². The summed E-state index contributed by atoms with van der Waals surface area (Å²) in [4.78, 5) is 0. The predicted molar refractivity (Wildman–Crippen MR) is 63.2 cm³/mol. The summed E-state index contributed by atoms with van der Waals surface area (Å²) >= 11 is 0. The molecule has 0 aromatic heterocycles. The lowest BCUT2D eigenvalue weighted by atomic mass is 9.96. The number of hydrogen-bond acceptors (Lipinski definition) is 2. The summed E-state index contributed by atoms with van der Waals surface area (Å²) in [5.41, 5.74) is 2.66. The van der Waals surface area contributed by atoms with Crippen LogP contribution in [-0.2, 0) is 0 Å². The van der Waals surface area contributed by atoms with Crippen molar-refractivity contribution >= 4 is 5.57 Å². The van der Waals surface area contributed by atoms with Gasteiger partial charge in [-0.25, -0.2) is 0 Å². The zero-order valence-corrected chi connectivity index (χ0v) is 9.70. The third-order valence-corrected chi connectivity index (χ3v) is 2.62. The molecule has 0 radical (unpaired) electrons. The molecule has 2 heteroatoms. The average Bonchev–Trinajstić information content (AvgIpc) is 2.16. The molecule has 0 amide bonds. The average molecular weight is 206 g/mol. The molecule has 0 fully saturated rings. The summed E-state index contributed by atoms with van der Waals surface area (Å²) in [5.74, 6) is 0.539. The van der Waals surface area contributed by atoms with E-state index in [9.17, 15) is 10.2 Å². The van der Waals surface area contributed by atoms with Gasteiger partial charge in [0.25, 0.3) is 0 Å². The van der Waals surface area contributed by atoms with Gasteiger partial charge in [0.15, 0.2) is 0 Å². The third kappa shape index (κ3) is 2.32. The number of allylic oxidation sites excluding steroid dienone is 2. The van der Waals surface area contributed by atoms with Crippen LogP contribution < -0.4 is 0 Å². The molecule has 2 N–H and O–H groups in total. The van der Waals surface area contributed by atoms with Crippen LogP contribution in [0.15, 0.2) is 18.2 Å². The second-order valence-electron chi connectivity index (χ2n) is 4.05. The van der Waals surface area contributed by atoms with Gasteiger partial charge < -0.3 is 10.2 Å². The Hall–Kier alpha value is -1.44. The normalized spacial score (nSPS) is 12.2. The van der Waals surface area contributed by atoms with E-state index >= 15 is 0 Å². The molecule has 1 rings (SSSR count). The Labute approximate surface area is 90.9 Å². The highest BCUT2D eigenvalue weighted by atomic mass is 16.3. The fourth-order valence-electron chi connectivity index (χ4n) is 1.53. The molecule has 0 aliphatic rings. The quantitative estimate of drug-likeness (QED) is 0.775. The Kier molecular flexibility index (Phi) is 3.40. The number of rotatable bonds is 2. The largest absolute Gasteiger partial charge is 0.508 e. The van der Waals surface area contributed by atoms with Crippen LogP contribution in [0.2, 0.25) is 0 Å². The lowest BCUT2D eigenvalue weighted by molar-refractivity contribution is 0.443. The zero-order valence-electron chi connectivity index (χ0n) is 9.70. The van der Waals surface area contributed by atoms with Gasteiger partial charge >= 0.3 is 0 Å². The first kappa shape index (κ1) is 11.6. The molecular formula is C13H18O2. The molecule has 0 spiro atoms. The summed E-state index contributed by atoms with van der Waals surface area (Å²) in [7, 11) is 0. The van der Waals surface area contributed by atoms with Crippen molar-refractivity contribution in [3.8, 4) is 11.5 Å². The fourth-order valence-corrected chi connectivity index (χ4v) is 1.53. The molecule has 15 heavy (non-hydrogen) atoms. The van der Waals surface area contributed by atoms with Gasteiger partial charge in [-0.2, -0.15) is 0 Å². The van der Waals surface area contributed by atoms with Crippen LogP contribution in [0.4, 0.5) is 0 Å². The van der Waals surface area contributed by atoms with Crippen molar-refractivity contribution in [2.45, 2.75) is 33.6 Å². The summed E-state index contributed by atoms with van der Waals surface area (Å²) in [6.07, 6.45) is 1.94. The second-order valence-corrected chi connectivity index (χ2v) is 4.05. The molecule has 0 heterocycles. The smallest absolute Gasteiger partial charge is 0.126 e. The van der Waals surface area contributed by atoms with Gasteiger partial charge in [-0.05, 0) is 37.0 Å². The first-order valence-electron chi connectivity index (χ1n) is 5.16.